The van der Waals surface area contributed by atoms with Crippen molar-refractivity contribution in [2.75, 3.05) is 5.32 Å². The predicted octanol–water partition coefficient (Wildman–Crippen LogP) is 5.10. The molecule has 3 aromatic rings. The summed E-state index contributed by atoms with van der Waals surface area (Å²) in [6, 6.07) is 6.20. The predicted molar refractivity (Wildman–Crippen MR) is 117 cm³/mol. The minimum Gasteiger partial charge on any atom is -0.445 e. The molecular weight excluding hydrogens is 424 g/mol. The Labute approximate surface area is 182 Å². The largest absolute Gasteiger partial charge is 0.445 e. The normalized spacial score (nSPS) is 11.4. The van der Waals surface area contributed by atoms with Gasteiger partial charge in [0.25, 0.3) is 5.69 Å². The molecule has 158 valence electrons. The van der Waals surface area contributed by atoms with Crippen molar-refractivity contribution in [1.29, 1.82) is 0 Å². The van der Waals surface area contributed by atoms with Crippen LogP contribution in [0.4, 0.5) is 10.8 Å². The van der Waals surface area contributed by atoms with E-state index in [0.29, 0.717) is 22.3 Å². The molecule has 1 aromatic carbocycles. The van der Waals surface area contributed by atoms with Crippen molar-refractivity contribution in [2.45, 2.75) is 43.6 Å². The van der Waals surface area contributed by atoms with E-state index in [2.05, 4.69) is 36.1 Å². The number of anilines is 1. The maximum Gasteiger partial charge on any atom is 0.273 e. The van der Waals surface area contributed by atoms with Gasteiger partial charge in [0, 0.05) is 18.1 Å². The van der Waals surface area contributed by atoms with E-state index >= 15 is 0 Å². The summed E-state index contributed by atoms with van der Waals surface area (Å²) in [5.74, 6) is 1.73. The quantitative estimate of drug-likeness (QED) is 0.291. The maximum absolute atomic E-state index is 12.3. The van der Waals surface area contributed by atoms with Crippen molar-refractivity contribution in [1.82, 2.24) is 9.97 Å². The van der Waals surface area contributed by atoms with E-state index in [1.54, 1.807) is 30.6 Å². The first-order chi connectivity index (χ1) is 14.2. The van der Waals surface area contributed by atoms with E-state index in [1.807, 2.05) is 0 Å². The second-order valence-corrected chi connectivity index (χ2v) is 10.1. The number of nitrogens with one attached hydrogen (secondary N) is 1. The van der Waals surface area contributed by atoms with Gasteiger partial charge in [-0.3, -0.25) is 14.9 Å². The molecule has 10 heteroatoms. The Hall–Kier alpha value is -2.72. The van der Waals surface area contributed by atoms with Gasteiger partial charge in [-0.05, 0) is 5.41 Å². The van der Waals surface area contributed by atoms with Gasteiger partial charge in [-0.1, -0.05) is 50.3 Å². The van der Waals surface area contributed by atoms with Crippen LogP contribution in [0.25, 0.3) is 0 Å². The first kappa shape index (κ1) is 22.0. The molecular formula is C20H22N4O4S2. The fourth-order valence-corrected chi connectivity index (χ4v) is 4.45. The number of amides is 1. The summed E-state index contributed by atoms with van der Waals surface area (Å²) < 4.78 is 6.69. The van der Waals surface area contributed by atoms with E-state index < -0.39 is 4.92 Å². The Kier molecular flexibility index (Phi) is 6.88. The molecule has 0 atom stereocenters. The number of nitrogens with zero attached hydrogens (tertiary/aromatic N) is 3. The number of benzene rings is 1. The molecule has 0 saturated carbocycles. The molecule has 0 aliphatic heterocycles. The topological polar surface area (TPSA) is 111 Å². The van der Waals surface area contributed by atoms with Gasteiger partial charge >= 0.3 is 0 Å². The third-order valence-electron chi connectivity index (χ3n) is 3.91. The Bertz CT molecular complexity index is 1040. The lowest BCUT2D eigenvalue weighted by Crippen LogP contribution is -2.15. The van der Waals surface area contributed by atoms with Crippen LogP contribution in [0.15, 0.2) is 45.3 Å². The summed E-state index contributed by atoms with van der Waals surface area (Å²) in [7, 11) is 0. The molecule has 0 radical (unpaired) electrons. The van der Waals surface area contributed by atoms with Crippen LogP contribution in [0.2, 0.25) is 0 Å². The van der Waals surface area contributed by atoms with Crippen LogP contribution < -0.4 is 5.32 Å². The van der Waals surface area contributed by atoms with E-state index in [-0.39, 0.29) is 23.4 Å². The fourth-order valence-electron chi connectivity index (χ4n) is 2.71. The number of thiazole rings is 1. The zero-order valence-electron chi connectivity index (χ0n) is 16.9. The number of hydrogen-bond donors (Lipinski definition) is 1. The van der Waals surface area contributed by atoms with Crippen LogP contribution in [0.1, 0.15) is 38.0 Å². The zero-order chi connectivity index (χ0) is 21.7. The third-order valence-corrected chi connectivity index (χ3v) is 6.01. The average molecular weight is 447 g/mol. The number of carbonyl (C=O) groups excluding carboxylic acids is 1. The Morgan fingerprint density at radius 1 is 1.27 bits per heavy atom. The van der Waals surface area contributed by atoms with E-state index in [0.717, 1.165) is 16.4 Å². The van der Waals surface area contributed by atoms with Crippen LogP contribution in [-0.4, -0.2) is 20.8 Å². The van der Waals surface area contributed by atoms with Crippen molar-refractivity contribution in [3.63, 3.8) is 0 Å². The number of hydrogen-bond acceptors (Lipinski definition) is 8. The summed E-state index contributed by atoms with van der Waals surface area (Å²) in [4.78, 5) is 31.4. The van der Waals surface area contributed by atoms with E-state index in [4.69, 9.17) is 4.42 Å². The van der Waals surface area contributed by atoms with Gasteiger partial charge in [0.15, 0.2) is 5.13 Å². The molecule has 0 aliphatic carbocycles. The molecule has 2 heterocycles. The molecule has 0 fully saturated rings. The minimum atomic E-state index is -0.490. The lowest BCUT2D eigenvalue weighted by Gasteiger charge is -2.15. The number of aromatic nitrogens is 2. The van der Waals surface area contributed by atoms with Crippen molar-refractivity contribution < 1.29 is 14.1 Å². The number of thioether (sulfide) groups is 1. The van der Waals surface area contributed by atoms with Crippen molar-refractivity contribution in [3.05, 3.63) is 64.0 Å². The number of rotatable bonds is 8. The molecule has 2 aromatic heterocycles. The molecule has 0 aliphatic rings. The number of nitro benzene ring substituents is 1. The SMILES string of the molecule is CC(C)(C)Cc1cnc(CSc2cnc(NC(=O)Cc3ccccc3[N+](=O)[O-])s2)o1. The molecule has 1 amide bonds. The van der Waals surface area contributed by atoms with Gasteiger partial charge in [-0.25, -0.2) is 9.97 Å². The molecule has 8 nitrogen and oxygen atoms in total. The minimum absolute atomic E-state index is 0.0696. The lowest BCUT2D eigenvalue weighted by atomic mass is 9.91. The van der Waals surface area contributed by atoms with Gasteiger partial charge < -0.3 is 9.73 Å². The second-order valence-electron chi connectivity index (χ2n) is 7.84. The van der Waals surface area contributed by atoms with E-state index in [9.17, 15) is 14.9 Å². The fraction of sp³-hybridized carbons (Fsp3) is 0.350. The van der Waals surface area contributed by atoms with Crippen LogP contribution >= 0.6 is 23.1 Å². The second kappa shape index (κ2) is 9.40. The first-order valence-electron chi connectivity index (χ1n) is 9.24. The first-order valence-corrected chi connectivity index (χ1v) is 11.0. The lowest BCUT2D eigenvalue weighted by molar-refractivity contribution is -0.385. The van der Waals surface area contributed by atoms with Crippen LogP contribution in [0.5, 0.6) is 0 Å². The highest BCUT2D eigenvalue weighted by Crippen LogP contribution is 2.31. The number of para-hydroxylation sites is 1. The van der Waals surface area contributed by atoms with Gasteiger partial charge in [0.05, 0.1) is 33.7 Å². The standard InChI is InChI=1S/C20H22N4O4S2/c1-20(2,3)9-14-10-21-17(28-14)12-29-18-11-22-19(30-18)23-16(25)8-13-6-4-5-7-15(13)24(26)27/h4-7,10-11H,8-9,12H2,1-3H3,(H,22,23,25). The zero-order valence-corrected chi connectivity index (χ0v) is 18.5. The molecule has 0 spiro atoms. The molecule has 0 saturated heterocycles. The number of oxazole rings is 1. The molecule has 1 N–H and O–H groups in total. The van der Waals surface area contributed by atoms with Gasteiger partial charge in [0.2, 0.25) is 11.8 Å². The van der Waals surface area contributed by atoms with Gasteiger partial charge in [-0.2, -0.15) is 0 Å². The van der Waals surface area contributed by atoms with Gasteiger partial charge in [-0.15, -0.1) is 11.8 Å². The summed E-state index contributed by atoms with van der Waals surface area (Å²) in [5.41, 5.74) is 0.426. The van der Waals surface area contributed by atoms with E-state index in [1.165, 1.54) is 29.2 Å². The number of carbonyl (C=O) groups is 1. The maximum atomic E-state index is 12.3. The molecule has 3 rings (SSSR count). The molecule has 0 bridgehead atoms. The molecule has 0 unspecified atom stereocenters. The summed E-state index contributed by atoms with van der Waals surface area (Å²) in [6.45, 7) is 6.44. The Balaban J connectivity index is 1.53. The Morgan fingerprint density at radius 3 is 2.77 bits per heavy atom. The van der Waals surface area contributed by atoms with Crippen molar-refractivity contribution >= 4 is 39.8 Å². The Morgan fingerprint density at radius 2 is 2.03 bits per heavy atom. The molecule has 30 heavy (non-hydrogen) atoms. The van der Waals surface area contributed by atoms with Crippen LogP contribution in [0, 0.1) is 15.5 Å². The highest BCUT2D eigenvalue weighted by molar-refractivity contribution is 8.00. The highest BCUT2D eigenvalue weighted by Gasteiger charge is 2.17. The highest BCUT2D eigenvalue weighted by atomic mass is 32.2. The summed E-state index contributed by atoms with van der Waals surface area (Å²) >= 11 is 2.86. The monoisotopic (exact) mass is 446 g/mol. The summed E-state index contributed by atoms with van der Waals surface area (Å²) in [6.07, 6.45) is 4.17. The average Bonchev–Trinajstić information content (AvgIpc) is 3.28. The van der Waals surface area contributed by atoms with Crippen LogP contribution in [0.3, 0.4) is 0 Å². The van der Waals surface area contributed by atoms with Crippen molar-refractivity contribution in [3.8, 4) is 0 Å². The summed E-state index contributed by atoms with van der Waals surface area (Å²) in [5, 5.41) is 14.2. The smallest absolute Gasteiger partial charge is 0.273 e. The van der Waals surface area contributed by atoms with Gasteiger partial charge in [0.1, 0.15) is 5.76 Å². The third kappa shape index (κ3) is 6.39. The van der Waals surface area contributed by atoms with Crippen molar-refractivity contribution in [2.24, 2.45) is 5.41 Å². The number of nitro groups is 1. The van der Waals surface area contributed by atoms with Crippen LogP contribution in [-0.2, 0) is 23.4 Å².